The third kappa shape index (κ3) is 2.51. The molecule has 1 aromatic carbocycles. The van der Waals surface area contributed by atoms with Crippen molar-refractivity contribution in [3.63, 3.8) is 0 Å². The highest BCUT2D eigenvalue weighted by Gasteiger charge is 2.19. The third-order valence-electron chi connectivity index (χ3n) is 3.45. The Morgan fingerprint density at radius 2 is 1.68 bits per heavy atom. The average Bonchev–Trinajstić information content (AvgIpc) is 2.70. The van der Waals surface area contributed by atoms with Gasteiger partial charge in [0.25, 0.3) is 0 Å². The SMILES string of the molecule is COc1cc(C)c(C(O)c2cc(C)oc2C)cc1C. The lowest BCUT2D eigenvalue weighted by Gasteiger charge is -2.16. The first-order chi connectivity index (χ1) is 8.93. The maximum absolute atomic E-state index is 10.6. The molecule has 1 N–H and O–H groups in total. The first-order valence-electron chi connectivity index (χ1n) is 6.34. The minimum absolute atomic E-state index is 0.665. The second-order valence-corrected chi connectivity index (χ2v) is 4.95. The number of aliphatic hydroxyl groups is 1. The summed E-state index contributed by atoms with van der Waals surface area (Å²) in [4.78, 5) is 0. The van der Waals surface area contributed by atoms with Crippen LogP contribution in [0.5, 0.6) is 5.75 Å². The van der Waals surface area contributed by atoms with Crippen LogP contribution in [0.3, 0.4) is 0 Å². The van der Waals surface area contributed by atoms with Gasteiger partial charge >= 0.3 is 0 Å². The second-order valence-electron chi connectivity index (χ2n) is 4.95. The Balaban J connectivity index is 2.47. The maximum Gasteiger partial charge on any atom is 0.122 e. The van der Waals surface area contributed by atoms with Crippen LogP contribution in [0.25, 0.3) is 0 Å². The summed E-state index contributed by atoms with van der Waals surface area (Å²) in [5.74, 6) is 2.42. The molecule has 0 spiro atoms. The van der Waals surface area contributed by atoms with E-state index in [0.717, 1.165) is 39.5 Å². The normalized spacial score (nSPS) is 12.5. The molecule has 1 atom stereocenters. The first kappa shape index (κ1) is 13.7. The van der Waals surface area contributed by atoms with E-state index in [-0.39, 0.29) is 0 Å². The number of hydrogen-bond donors (Lipinski definition) is 1. The summed E-state index contributed by atoms with van der Waals surface area (Å²) in [7, 11) is 1.65. The molecule has 0 radical (unpaired) electrons. The molecular formula is C16H20O3. The van der Waals surface area contributed by atoms with Crippen molar-refractivity contribution in [2.75, 3.05) is 7.11 Å². The van der Waals surface area contributed by atoms with E-state index in [0.29, 0.717) is 0 Å². The number of aryl methyl sites for hydroxylation is 4. The van der Waals surface area contributed by atoms with Crippen LogP contribution in [0, 0.1) is 27.7 Å². The fourth-order valence-electron chi connectivity index (χ4n) is 2.42. The summed E-state index contributed by atoms with van der Waals surface area (Å²) in [6.07, 6.45) is -0.665. The molecule has 1 aromatic heterocycles. The Bertz CT molecular complexity index is 596. The average molecular weight is 260 g/mol. The fourth-order valence-corrected chi connectivity index (χ4v) is 2.42. The molecule has 3 heteroatoms. The van der Waals surface area contributed by atoms with Crippen LogP contribution in [0.4, 0.5) is 0 Å². The summed E-state index contributed by atoms with van der Waals surface area (Å²) in [6, 6.07) is 5.82. The van der Waals surface area contributed by atoms with Crippen molar-refractivity contribution in [2.24, 2.45) is 0 Å². The summed E-state index contributed by atoms with van der Waals surface area (Å²) in [6.45, 7) is 7.71. The number of ether oxygens (including phenoxy) is 1. The molecule has 0 aliphatic carbocycles. The summed E-state index contributed by atoms with van der Waals surface area (Å²) in [5.41, 5.74) is 3.74. The van der Waals surface area contributed by atoms with Gasteiger partial charge < -0.3 is 14.3 Å². The predicted octanol–water partition coefficient (Wildman–Crippen LogP) is 3.60. The molecule has 0 fully saturated rings. The van der Waals surface area contributed by atoms with Crippen molar-refractivity contribution >= 4 is 0 Å². The maximum atomic E-state index is 10.6. The standard InChI is InChI=1S/C16H20O3/c1-9-7-15(18-5)10(2)6-13(9)16(17)14-8-11(3)19-12(14)4/h6-8,16-17H,1-5H3. The molecule has 2 aromatic rings. The number of hydrogen-bond acceptors (Lipinski definition) is 3. The number of aliphatic hydroxyl groups excluding tert-OH is 1. The Morgan fingerprint density at radius 3 is 2.21 bits per heavy atom. The third-order valence-corrected chi connectivity index (χ3v) is 3.45. The van der Waals surface area contributed by atoms with Crippen molar-refractivity contribution in [1.82, 2.24) is 0 Å². The number of benzene rings is 1. The van der Waals surface area contributed by atoms with E-state index in [9.17, 15) is 5.11 Å². The lowest BCUT2D eigenvalue weighted by Crippen LogP contribution is -2.04. The van der Waals surface area contributed by atoms with Crippen LogP contribution in [0.1, 0.15) is 39.9 Å². The van der Waals surface area contributed by atoms with Gasteiger partial charge in [-0.25, -0.2) is 0 Å². The lowest BCUT2D eigenvalue weighted by atomic mass is 9.95. The highest BCUT2D eigenvalue weighted by atomic mass is 16.5. The van der Waals surface area contributed by atoms with Gasteiger partial charge in [-0.3, -0.25) is 0 Å². The summed E-state index contributed by atoms with van der Waals surface area (Å²) in [5, 5.41) is 10.6. The van der Waals surface area contributed by atoms with E-state index in [2.05, 4.69) is 0 Å². The van der Waals surface area contributed by atoms with Crippen molar-refractivity contribution in [3.05, 3.63) is 52.0 Å². The number of furan rings is 1. The Labute approximate surface area is 113 Å². The molecule has 102 valence electrons. The van der Waals surface area contributed by atoms with Crippen LogP contribution < -0.4 is 4.74 Å². The highest BCUT2D eigenvalue weighted by Crippen LogP contribution is 2.32. The number of methoxy groups -OCH3 is 1. The zero-order valence-electron chi connectivity index (χ0n) is 12.1. The minimum Gasteiger partial charge on any atom is -0.496 e. The molecule has 0 saturated carbocycles. The van der Waals surface area contributed by atoms with Gasteiger partial charge in [-0.05, 0) is 62.6 Å². The van der Waals surface area contributed by atoms with Gasteiger partial charge in [0.2, 0.25) is 0 Å². The molecule has 1 heterocycles. The van der Waals surface area contributed by atoms with Gasteiger partial charge in [-0.2, -0.15) is 0 Å². The van der Waals surface area contributed by atoms with Crippen molar-refractivity contribution in [2.45, 2.75) is 33.8 Å². The molecule has 19 heavy (non-hydrogen) atoms. The van der Waals surface area contributed by atoms with Crippen LogP contribution in [0.15, 0.2) is 22.6 Å². The Hall–Kier alpha value is -1.74. The van der Waals surface area contributed by atoms with Gasteiger partial charge in [0.1, 0.15) is 23.4 Å². The van der Waals surface area contributed by atoms with Crippen molar-refractivity contribution in [3.8, 4) is 5.75 Å². The van der Waals surface area contributed by atoms with E-state index < -0.39 is 6.10 Å². The Morgan fingerprint density at radius 1 is 1.00 bits per heavy atom. The van der Waals surface area contributed by atoms with E-state index in [1.165, 1.54) is 0 Å². The van der Waals surface area contributed by atoms with E-state index in [1.54, 1.807) is 7.11 Å². The van der Waals surface area contributed by atoms with Crippen LogP contribution in [-0.4, -0.2) is 12.2 Å². The molecule has 0 aliphatic rings. The lowest BCUT2D eigenvalue weighted by molar-refractivity contribution is 0.217. The zero-order valence-corrected chi connectivity index (χ0v) is 12.1. The largest absolute Gasteiger partial charge is 0.496 e. The molecule has 0 saturated heterocycles. The minimum atomic E-state index is -0.665. The first-order valence-corrected chi connectivity index (χ1v) is 6.34. The molecule has 2 rings (SSSR count). The summed E-state index contributed by atoms with van der Waals surface area (Å²) >= 11 is 0. The molecule has 0 aliphatic heterocycles. The molecule has 1 unspecified atom stereocenters. The van der Waals surface area contributed by atoms with Crippen LogP contribution in [0.2, 0.25) is 0 Å². The van der Waals surface area contributed by atoms with Gasteiger partial charge in [0.05, 0.1) is 7.11 Å². The fraction of sp³-hybridized carbons (Fsp3) is 0.375. The molecule has 0 amide bonds. The monoisotopic (exact) mass is 260 g/mol. The van der Waals surface area contributed by atoms with E-state index in [1.807, 2.05) is 45.9 Å². The smallest absolute Gasteiger partial charge is 0.122 e. The van der Waals surface area contributed by atoms with Gasteiger partial charge in [-0.15, -0.1) is 0 Å². The Kier molecular flexibility index (Phi) is 3.67. The molecular weight excluding hydrogens is 240 g/mol. The van der Waals surface area contributed by atoms with Crippen LogP contribution >= 0.6 is 0 Å². The van der Waals surface area contributed by atoms with Gasteiger partial charge in [0.15, 0.2) is 0 Å². The quantitative estimate of drug-likeness (QED) is 0.916. The van der Waals surface area contributed by atoms with Gasteiger partial charge in [0, 0.05) is 5.56 Å². The van der Waals surface area contributed by atoms with Crippen molar-refractivity contribution < 1.29 is 14.3 Å². The van der Waals surface area contributed by atoms with E-state index >= 15 is 0 Å². The van der Waals surface area contributed by atoms with E-state index in [4.69, 9.17) is 9.15 Å². The molecule has 3 nitrogen and oxygen atoms in total. The second kappa shape index (κ2) is 5.10. The van der Waals surface area contributed by atoms with Gasteiger partial charge in [-0.1, -0.05) is 0 Å². The van der Waals surface area contributed by atoms with Crippen LogP contribution in [-0.2, 0) is 0 Å². The predicted molar refractivity (Wildman–Crippen MR) is 74.7 cm³/mol. The zero-order chi connectivity index (χ0) is 14.2. The topological polar surface area (TPSA) is 42.6 Å². The van der Waals surface area contributed by atoms with Crippen molar-refractivity contribution in [1.29, 1.82) is 0 Å². The summed E-state index contributed by atoms with van der Waals surface area (Å²) < 4.78 is 10.8. The highest BCUT2D eigenvalue weighted by molar-refractivity contribution is 5.45. The molecule has 0 bridgehead atoms. The number of rotatable bonds is 3.